The van der Waals surface area contributed by atoms with Gasteiger partial charge in [-0.05, 0) is 13.8 Å². The molecule has 6 fully saturated rings. The smallest absolute Gasteiger partial charge is 0.394 e. The van der Waals surface area contributed by atoms with Gasteiger partial charge in [0.05, 0.1) is 70.7 Å². The minimum atomic E-state index is -5.63. The van der Waals surface area contributed by atoms with Crippen molar-refractivity contribution in [3.05, 3.63) is 0 Å². The molecule has 0 aliphatic carbocycles. The zero-order valence-corrected chi connectivity index (χ0v) is 47.8. The second-order valence-corrected chi connectivity index (χ2v) is 24.2. The van der Waals surface area contributed by atoms with Gasteiger partial charge in [-0.3, -0.25) is 22.9 Å². The highest BCUT2D eigenvalue weighted by atomic mass is 32.3. The molecule has 0 spiro atoms. The molecule has 48 heteroatoms. The van der Waals surface area contributed by atoms with E-state index in [0.717, 1.165) is 0 Å². The lowest BCUT2D eigenvalue weighted by Crippen LogP contribution is -2.63. The Bertz CT molecular complexity index is 2580. The average molecular weight is 1440 g/mol. The van der Waals surface area contributed by atoms with Crippen LogP contribution in [0.4, 0.5) is 13.9 Å². The van der Waals surface area contributed by atoms with Crippen LogP contribution in [-0.4, -0.2) is 336 Å². The third kappa shape index (κ3) is 23.5. The van der Waals surface area contributed by atoms with Crippen LogP contribution in [0, 0.1) is 17.8 Å². The molecule has 0 radical (unpaired) electrons. The number of hydrogen-bond donors (Lipinski definition) is 18. The summed E-state index contributed by atoms with van der Waals surface area (Å²) in [5.74, 6) is -4.97. The Kier molecular flexibility index (Phi) is 36.6. The van der Waals surface area contributed by atoms with Gasteiger partial charge in [-0.1, -0.05) is 29.7 Å². The van der Waals surface area contributed by atoms with Crippen molar-refractivity contribution in [2.24, 2.45) is 17.8 Å². The zero-order chi connectivity index (χ0) is 64.9. The molecule has 548 valence electrons. The molecule has 41 nitrogen and oxygen atoms in total. The lowest BCUT2D eigenvalue weighted by atomic mass is 9.88. The first-order valence-electron chi connectivity index (χ1n) is 25.0. The lowest BCUT2D eigenvalue weighted by Gasteiger charge is -2.46. The fourth-order valence-corrected chi connectivity index (χ4v) is 11.9. The number of rotatable bonds is 25. The quantitative estimate of drug-likeness (QED) is 0.0378. The number of aliphatic hydroxyl groups is 14. The van der Waals surface area contributed by atoms with E-state index < -0.39 is 272 Å². The maximum atomic E-state index is 12.1. The normalized spacial score (nSPS) is 42.3. The highest BCUT2D eigenvalue weighted by Crippen LogP contribution is 2.37. The van der Waals surface area contributed by atoms with Crippen molar-refractivity contribution >= 4 is 41.6 Å². The van der Waals surface area contributed by atoms with Gasteiger partial charge in [-0.15, -0.1) is 0 Å². The van der Waals surface area contributed by atoms with E-state index in [1.165, 1.54) is 13.8 Å². The number of halogens is 3. The van der Waals surface area contributed by atoms with E-state index in [-0.39, 0.29) is 34.4 Å². The molecule has 13 unspecified atom stereocenters. The predicted octanol–water partition coefficient (Wildman–Crippen LogP) is -8.46. The third-order valence-corrected chi connectivity index (χ3v) is 16.1. The number of ether oxygens (including phenoxy) is 11. The molecule has 0 aromatic rings. The van der Waals surface area contributed by atoms with Gasteiger partial charge in [0.2, 0.25) is 0 Å². The van der Waals surface area contributed by atoms with Crippen molar-refractivity contribution in [2.45, 2.75) is 209 Å². The van der Waals surface area contributed by atoms with Gasteiger partial charge >= 0.3 is 41.6 Å². The molecule has 6 saturated heterocycles. The van der Waals surface area contributed by atoms with E-state index in [0.29, 0.717) is 0 Å². The molecule has 91 heavy (non-hydrogen) atoms. The maximum absolute atomic E-state index is 12.1. The Morgan fingerprint density at radius 2 is 0.648 bits per heavy atom. The van der Waals surface area contributed by atoms with Gasteiger partial charge in [0.25, 0.3) is 0 Å². The van der Waals surface area contributed by atoms with Gasteiger partial charge in [-0.25, -0.2) is 16.7 Å². The molecule has 6 heterocycles. The second-order valence-electron chi connectivity index (χ2n) is 20.0. The molecule has 0 bridgehead atoms. The van der Waals surface area contributed by atoms with Gasteiger partial charge < -0.3 is 124 Å². The van der Waals surface area contributed by atoms with E-state index in [2.05, 4.69) is 12.5 Å². The Morgan fingerprint density at radius 1 is 0.330 bits per heavy atom. The van der Waals surface area contributed by atoms with E-state index in [9.17, 15) is 123 Å². The maximum Gasteiger partial charge on any atom is 0.397 e. The van der Waals surface area contributed by atoms with E-state index in [1.807, 2.05) is 0 Å². The highest BCUT2D eigenvalue weighted by molar-refractivity contribution is 7.81. The molecule has 0 saturated carbocycles. The molecule has 18 N–H and O–H groups in total. The molecule has 0 amide bonds. The summed E-state index contributed by atoms with van der Waals surface area (Å²) in [5.41, 5.74) is 0. The highest BCUT2D eigenvalue weighted by Gasteiger charge is 2.55. The molecule has 6 rings (SSSR count). The zero-order valence-electron chi connectivity index (χ0n) is 44.5. The van der Waals surface area contributed by atoms with Crippen molar-refractivity contribution in [3.8, 4) is 0 Å². The summed E-state index contributed by atoms with van der Waals surface area (Å²) in [6.07, 6.45) is -54.8. The Labute approximate surface area is 519 Å². The Morgan fingerprint density at radius 3 is 1.10 bits per heavy atom. The topological polar surface area (TPSA) is 639 Å². The first kappa shape index (κ1) is 89.3. The van der Waals surface area contributed by atoms with Crippen LogP contribution in [0.2, 0.25) is 0 Å². The summed E-state index contributed by atoms with van der Waals surface area (Å²) in [5, 5.41) is 149. The molecule has 30 atom stereocenters. The summed E-state index contributed by atoms with van der Waals surface area (Å²) in [4.78, 5) is 0. The second kappa shape index (κ2) is 37.3. The van der Waals surface area contributed by atoms with Crippen LogP contribution >= 0.6 is 0 Å². The largest absolute Gasteiger partial charge is 0.397 e. The van der Waals surface area contributed by atoms with Gasteiger partial charge in [0.1, 0.15) is 104 Å². The van der Waals surface area contributed by atoms with Crippen LogP contribution in [0.3, 0.4) is 0 Å². The average Bonchev–Trinajstić information content (AvgIpc) is 2.83. The molecular weight excluding hydrogens is 1360 g/mol. The van der Waals surface area contributed by atoms with Gasteiger partial charge in [0, 0.05) is 26.9 Å². The monoisotopic (exact) mass is 1440 g/mol. The predicted molar refractivity (Wildman–Crippen MR) is 283 cm³/mol. The summed E-state index contributed by atoms with van der Waals surface area (Å²) in [6, 6.07) is 0. The molecule has 6 aliphatic heterocycles. The summed E-state index contributed by atoms with van der Waals surface area (Å²) in [7, 11) is -22.1. The summed E-state index contributed by atoms with van der Waals surface area (Å²) in [6.45, 7) is -4.55. The van der Waals surface area contributed by atoms with Crippen LogP contribution in [0.5, 0.6) is 0 Å². The fourth-order valence-electron chi connectivity index (χ4n) is 9.85. The fraction of sp³-hybridized carbons (Fsp3) is 1.00. The van der Waals surface area contributed by atoms with Crippen LogP contribution in [0.1, 0.15) is 43.6 Å². The SMILES string of the molecule is C.C.C.C.CC1O[C@@H](OC[C@@H]2C(C)O[C@@H](OC[C@H]3C(O)[C@H](OC[C@H]4C(CO[C@@H]5OC(CO[C@@H]6OC(CO)[C@H](O)[C@@H](OS(=O)(=O)O)C6O)[C@H](O)[C@@H](OS(=O)(=O)O)C5O)OC(O)C(O)[C@@H]4OS(=O)(=O)O)OC(CO)[C@@H]3O)C(O)[C@H]2OS(=O)(=O)O)C(O)[C@@H](O)[C@@H]1O.F.FF. The van der Waals surface area contributed by atoms with E-state index in [4.69, 9.17) is 65.4 Å². The van der Waals surface area contributed by atoms with E-state index in [1.54, 1.807) is 0 Å². The minimum Gasteiger partial charge on any atom is -0.394 e. The standard InChI is InChI=1S/C39H68O41S4.4CH4.F2.FH/c1-10-12(5-66-36-25(48)24(47)19(42)11(2)72-36)30(77-81(54,55)56)27(50)37(71-10)68-7-14-20(43)15(3-40)74-35(21(14)44)67-6-13-17(73-34(53)26(49)31(13)78-82(57,58)59)8-69-39-29(52)33(80-84(63,64)65)23(46)18(76-39)9-70-38-28(51)32(79-83(60,61)62)22(45)16(4-41)75-38;;;;;1-2;/h10-53H,3-9H2,1-2H3,(H,54,55,56)(H,57,58,59)(H,60,61,62)(H,63,64,65);4*1H4;;1H/t10?,11?,12-,13+,14-,15?,16?,17?,18?,19-,20-,21?,22+,23+,24+,25?,26?,27?,28?,29?,30+,31-,32-,33-,34?,35-,36-,37-,38-,39-;;;;;;/m1....../s1. The number of aliphatic hydroxyl groups excluding tert-OH is 14. The van der Waals surface area contributed by atoms with Gasteiger partial charge in [-0.2, -0.15) is 33.7 Å². The molecule has 0 aromatic heterocycles. The molecule has 6 aliphatic rings. The lowest BCUT2D eigenvalue weighted by molar-refractivity contribution is -0.340. The third-order valence-electron chi connectivity index (χ3n) is 14.3. The molecule has 0 aromatic carbocycles. The van der Waals surface area contributed by atoms with Crippen molar-refractivity contribution in [1.29, 1.82) is 0 Å². The van der Waals surface area contributed by atoms with Crippen LogP contribution < -0.4 is 0 Å². The minimum absolute atomic E-state index is 0. The van der Waals surface area contributed by atoms with Crippen molar-refractivity contribution in [1.82, 2.24) is 0 Å². The van der Waals surface area contributed by atoms with Crippen LogP contribution in [-0.2, 0) is 110 Å². The van der Waals surface area contributed by atoms with Crippen LogP contribution in [0.15, 0.2) is 0 Å². The first-order chi connectivity index (χ1) is 39.8. The van der Waals surface area contributed by atoms with Crippen molar-refractivity contribution in [2.75, 3.05) is 46.2 Å². The number of hydrogen-bond acceptors (Lipinski definition) is 37. The summed E-state index contributed by atoms with van der Waals surface area (Å²) < 4.78 is 228. The first-order valence-corrected chi connectivity index (χ1v) is 30.5. The summed E-state index contributed by atoms with van der Waals surface area (Å²) >= 11 is 0. The van der Waals surface area contributed by atoms with Crippen LogP contribution in [0.25, 0.3) is 0 Å². The van der Waals surface area contributed by atoms with Crippen molar-refractivity contribution < 1.29 is 206 Å². The van der Waals surface area contributed by atoms with E-state index >= 15 is 0 Å². The molecular formula is C43H85F3O41S4. The van der Waals surface area contributed by atoms with Crippen molar-refractivity contribution in [3.63, 3.8) is 0 Å². The Balaban J connectivity index is 0.0000115. The Hall–Kier alpha value is -1.73. The van der Waals surface area contributed by atoms with Gasteiger partial charge in [0.15, 0.2) is 37.7 Å².